The predicted molar refractivity (Wildman–Crippen MR) is 92.2 cm³/mol. The Morgan fingerprint density at radius 1 is 1.20 bits per heavy atom. The molecule has 0 saturated heterocycles. The fourth-order valence-corrected chi connectivity index (χ4v) is 2.41. The van der Waals surface area contributed by atoms with Crippen LogP contribution in [0.3, 0.4) is 0 Å². The van der Waals surface area contributed by atoms with Crippen LogP contribution in [0.15, 0.2) is 42.5 Å². The summed E-state index contributed by atoms with van der Waals surface area (Å²) in [5.74, 6) is 1.82. The average molecular weight is 343 g/mol. The zero-order chi connectivity index (χ0) is 17.6. The molecule has 132 valence electrons. The Bertz CT molecular complexity index is 744. The molecule has 3 rings (SSSR count). The van der Waals surface area contributed by atoms with Crippen molar-refractivity contribution in [3.63, 3.8) is 0 Å². The van der Waals surface area contributed by atoms with Crippen molar-refractivity contribution >= 4 is 5.91 Å². The first-order valence-corrected chi connectivity index (χ1v) is 8.19. The van der Waals surface area contributed by atoms with E-state index in [-0.39, 0.29) is 12.5 Å². The van der Waals surface area contributed by atoms with Crippen LogP contribution in [-0.2, 0) is 6.61 Å². The summed E-state index contributed by atoms with van der Waals surface area (Å²) in [7, 11) is 0. The molecule has 1 atom stereocenters. The van der Waals surface area contributed by atoms with E-state index in [9.17, 15) is 9.90 Å². The minimum Gasteiger partial charge on any atom is -0.489 e. The third kappa shape index (κ3) is 4.64. The molecule has 6 heteroatoms. The van der Waals surface area contributed by atoms with Gasteiger partial charge in [-0.25, -0.2) is 0 Å². The molecule has 2 aromatic carbocycles. The maximum atomic E-state index is 12.0. The van der Waals surface area contributed by atoms with Crippen LogP contribution in [0.25, 0.3) is 0 Å². The second kappa shape index (κ2) is 7.90. The van der Waals surface area contributed by atoms with Crippen LogP contribution < -0.4 is 19.5 Å². The Morgan fingerprint density at radius 2 is 2.00 bits per heavy atom. The first-order chi connectivity index (χ1) is 12.1. The second-order valence-corrected chi connectivity index (χ2v) is 5.85. The number of benzene rings is 2. The zero-order valence-corrected chi connectivity index (χ0v) is 14.0. The smallest absolute Gasteiger partial charge is 0.251 e. The van der Waals surface area contributed by atoms with Gasteiger partial charge in [0.25, 0.3) is 5.91 Å². The van der Waals surface area contributed by atoms with Gasteiger partial charge in [-0.2, -0.15) is 0 Å². The van der Waals surface area contributed by atoms with Crippen LogP contribution >= 0.6 is 0 Å². The maximum Gasteiger partial charge on any atom is 0.251 e. The zero-order valence-electron chi connectivity index (χ0n) is 14.0. The second-order valence-electron chi connectivity index (χ2n) is 5.85. The molecular formula is C19H21NO5. The quantitative estimate of drug-likeness (QED) is 0.840. The van der Waals surface area contributed by atoms with Crippen LogP contribution in [0.2, 0.25) is 0 Å². The number of amides is 1. The van der Waals surface area contributed by atoms with Gasteiger partial charge in [-0.3, -0.25) is 4.79 Å². The topological polar surface area (TPSA) is 77.0 Å². The van der Waals surface area contributed by atoms with Gasteiger partial charge < -0.3 is 24.6 Å². The van der Waals surface area contributed by atoms with E-state index in [2.05, 4.69) is 5.32 Å². The summed E-state index contributed by atoms with van der Waals surface area (Å²) in [5, 5.41) is 11.9. The van der Waals surface area contributed by atoms with Gasteiger partial charge in [0.15, 0.2) is 11.5 Å². The minimum atomic E-state index is -0.585. The van der Waals surface area contributed by atoms with Crippen molar-refractivity contribution in [3.8, 4) is 17.2 Å². The van der Waals surface area contributed by atoms with Crippen LogP contribution in [-0.4, -0.2) is 36.9 Å². The number of carbonyl (C=O) groups excluding carboxylic acids is 1. The van der Waals surface area contributed by atoms with Crippen molar-refractivity contribution in [3.05, 3.63) is 53.6 Å². The number of rotatable bonds is 6. The molecule has 1 aliphatic rings. The summed E-state index contributed by atoms with van der Waals surface area (Å²) >= 11 is 0. The van der Waals surface area contributed by atoms with E-state index in [0.29, 0.717) is 31.1 Å². The number of fused-ring (bicyclic) bond motifs is 1. The van der Waals surface area contributed by atoms with Crippen LogP contribution in [0.5, 0.6) is 17.2 Å². The molecule has 25 heavy (non-hydrogen) atoms. The van der Waals surface area contributed by atoms with Gasteiger partial charge in [0.05, 0.1) is 6.10 Å². The predicted octanol–water partition coefficient (Wildman–Crippen LogP) is 2.15. The fraction of sp³-hybridized carbons (Fsp3) is 0.316. The van der Waals surface area contributed by atoms with Crippen molar-refractivity contribution in [2.45, 2.75) is 19.6 Å². The van der Waals surface area contributed by atoms with E-state index in [4.69, 9.17) is 14.2 Å². The van der Waals surface area contributed by atoms with E-state index in [1.807, 2.05) is 18.2 Å². The van der Waals surface area contributed by atoms with Gasteiger partial charge >= 0.3 is 0 Å². The maximum absolute atomic E-state index is 12.0. The number of hydrogen-bond donors (Lipinski definition) is 2. The van der Waals surface area contributed by atoms with Crippen LogP contribution in [0.1, 0.15) is 22.8 Å². The number of aliphatic hydroxyl groups excluding tert-OH is 1. The number of hydrogen-bond acceptors (Lipinski definition) is 5. The lowest BCUT2D eigenvalue weighted by Gasteiger charge is -2.19. The number of aliphatic hydroxyl groups is 1. The number of nitrogens with one attached hydrogen (secondary N) is 1. The lowest BCUT2D eigenvalue weighted by molar-refractivity contribution is 0.0923. The molecular weight excluding hydrogens is 322 g/mol. The molecule has 0 saturated carbocycles. The van der Waals surface area contributed by atoms with Crippen molar-refractivity contribution in [2.75, 3.05) is 19.8 Å². The molecule has 0 fully saturated rings. The monoisotopic (exact) mass is 343 g/mol. The van der Waals surface area contributed by atoms with Crippen molar-refractivity contribution in [1.29, 1.82) is 0 Å². The first-order valence-electron chi connectivity index (χ1n) is 8.19. The standard InChI is InChI=1S/C19H21NO5/c1-13(21)11-20-19(22)15-3-2-4-16(10-15)25-12-14-5-6-17-18(9-14)24-8-7-23-17/h2-6,9-10,13,21H,7-8,11-12H2,1H3,(H,20,22). The highest BCUT2D eigenvalue weighted by molar-refractivity contribution is 5.94. The number of carbonyl (C=O) groups is 1. The lowest BCUT2D eigenvalue weighted by atomic mass is 10.2. The van der Waals surface area contributed by atoms with Crippen molar-refractivity contribution in [1.82, 2.24) is 5.32 Å². The minimum absolute atomic E-state index is 0.209. The Labute approximate surface area is 146 Å². The Hall–Kier alpha value is -2.73. The van der Waals surface area contributed by atoms with E-state index in [0.717, 1.165) is 17.1 Å². The summed E-state index contributed by atoms with van der Waals surface area (Å²) in [5.41, 5.74) is 1.44. The largest absolute Gasteiger partial charge is 0.489 e. The molecule has 1 heterocycles. The third-order valence-electron chi connectivity index (χ3n) is 3.67. The Morgan fingerprint density at radius 3 is 2.80 bits per heavy atom. The highest BCUT2D eigenvalue weighted by atomic mass is 16.6. The number of ether oxygens (including phenoxy) is 3. The summed E-state index contributed by atoms with van der Waals surface area (Å²) in [4.78, 5) is 12.0. The molecule has 0 radical (unpaired) electrons. The fourth-order valence-electron chi connectivity index (χ4n) is 2.41. The molecule has 0 aliphatic carbocycles. The molecule has 1 amide bonds. The van der Waals surface area contributed by atoms with E-state index < -0.39 is 6.10 Å². The van der Waals surface area contributed by atoms with Crippen LogP contribution in [0, 0.1) is 0 Å². The normalized spacial score (nSPS) is 13.8. The molecule has 0 bridgehead atoms. The van der Waals surface area contributed by atoms with Gasteiger partial charge in [0.2, 0.25) is 0 Å². The average Bonchev–Trinajstić information content (AvgIpc) is 2.64. The Balaban J connectivity index is 1.61. The van der Waals surface area contributed by atoms with E-state index in [1.54, 1.807) is 31.2 Å². The highest BCUT2D eigenvalue weighted by Gasteiger charge is 2.12. The van der Waals surface area contributed by atoms with E-state index >= 15 is 0 Å². The molecule has 1 aliphatic heterocycles. The summed E-state index contributed by atoms with van der Waals surface area (Å²) < 4.78 is 16.8. The van der Waals surface area contributed by atoms with Gasteiger partial charge in [-0.1, -0.05) is 12.1 Å². The molecule has 2 N–H and O–H groups in total. The first kappa shape index (κ1) is 17.1. The van der Waals surface area contributed by atoms with Crippen molar-refractivity contribution < 1.29 is 24.1 Å². The third-order valence-corrected chi connectivity index (χ3v) is 3.67. The molecule has 2 aromatic rings. The lowest BCUT2D eigenvalue weighted by Crippen LogP contribution is -2.30. The summed E-state index contributed by atoms with van der Waals surface area (Å²) in [6.45, 7) is 3.29. The van der Waals surface area contributed by atoms with E-state index in [1.165, 1.54) is 0 Å². The van der Waals surface area contributed by atoms with Crippen molar-refractivity contribution in [2.24, 2.45) is 0 Å². The van der Waals surface area contributed by atoms with Gasteiger partial charge in [-0.15, -0.1) is 0 Å². The van der Waals surface area contributed by atoms with Crippen LogP contribution in [0.4, 0.5) is 0 Å². The molecule has 0 spiro atoms. The summed E-state index contributed by atoms with van der Waals surface area (Å²) in [6, 6.07) is 12.6. The van der Waals surface area contributed by atoms with Gasteiger partial charge in [0, 0.05) is 12.1 Å². The molecule has 1 unspecified atom stereocenters. The van der Waals surface area contributed by atoms with Gasteiger partial charge in [0.1, 0.15) is 25.6 Å². The van der Waals surface area contributed by atoms with Gasteiger partial charge in [-0.05, 0) is 42.8 Å². The molecule has 6 nitrogen and oxygen atoms in total. The molecule has 0 aromatic heterocycles. The SMILES string of the molecule is CC(O)CNC(=O)c1cccc(OCc2ccc3c(c2)OCCO3)c1. The summed E-state index contributed by atoms with van der Waals surface area (Å²) in [6.07, 6.45) is -0.585. The Kier molecular flexibility index (Phi) is 5.40. The highest BCUT2D eigenvalue weighted by Crippen LogP contribution is 2.31.